The lowest BCUT2D eigenvalue weighted by Crippen LogP contribution is -2.20. The normalized spacial score (nSPS) is 12.6. The lowest BCUT2D eigenvalue weighted by Gasteiger charge is -2.12. The zero-order chi connectivity index (χ0) is 24.1. The molecule has 3 amide bonds. The average Bonchev–Trinajstić information content (AvgIpc) is 3.29. The van der Waals surface area contributed by atoms with Crippen molar-refractivity contribution in [2.45, 2.75) is 37.5 Å². The molecule has 0 radical (unpaired) electrons. The number of carbonyl (C=O) groups is 2. The van der Waals surface area contributed by atoms with E-state index in [9.17, 15) is 18.0 Å². The number of carbonyl (C=O) groups excluding carboxylic acids is 2. The molecule has 1 aliphatic carbocycles. The van der Waals surface area contributed by atoms with Gasteiger partial charge in [0.05, 0.1) is 10.6 Å². The van der Waals surface area contributed by atoms with E-state index in [1.807, 2.05) is 31.2 Å². The number of sulfone groups is 1. The van der Waals surface area contributed by atoms with Crippen molar-refractivity contribution in [3.63, 3.8) is 0 Å². The van der Waals surface area contributed by atoms with E-state index in [4.69, 9.17) is 0 Å². The first-order chi connectivity index (χ1) is 16.3. The molecule has 0 spiro atoms. The van der Waals surface area contributed by atoms with E-state index in [0.717, 1.165) is 30.4 Å². The van der Waals surface area contributed by atoms with Crippen LogP contribution in [-0.4, -0.2) is 26.1 Å². The summed E-state index contributed by atoms with van der Waals surface area (Å²) in [7, 11) is -3.56. The molecule has 0 aromatic heterocycles. The number of benzene rings is 3. The fourth-order valence-electron chi connectivity index (χ4n) is 3.95. The zero-order valence-corrected chi connectivity index (χ0v) is 19.7. The molecule has 0 heterocycles. The number of aryl methyl sites for hydroxylation is 3. The van der Waals surface area contributed by atoms with Crippen LogP contribution in [-0.2, 0) is 27.5 Å². The Morgan fingerprint density at radius 3 is 2.35 bits per heavy atom. The number of hydrogen-bond acceptors (Lipinski definition) is 4. The Balaban J connectivity index is 1.35. The molecular formula is C26H27N3O4S. The molecule has 3 aromatic rings. The molecule has 3 aromatic carbocycles. The maximum absolute atomic E-state index is 12.7. The predicted octanol–water partition coefficient (Wildman–Crippen LogP) is 4.93. The Labute approximate surface area is 199 Å². The van der Waals surface area contributed by atoms with E-state index in [-0.39, 0.29) is 17.1 Å². The summed E-state index contributed by atoms with van der Waals surface area (Å²) < 4.78 is 25.5. The highest BCUT2D eigenvalue weighted by molar-refractivity contribution is 7.91. The molecule has 4 rings (SSSR count). The van der Waals surface area contributed by atoms with Gasteiger partial charge in [0.25, 0.3) is 0 Å². The summed E-state index contributed by atoms with van der Waals surface area (Å²) in [6.07, 6.45) is 2.76. The maximum atomic E-state index is 12.7. The Morgan fingerprint density at radius 1 is 0.824 bits per heavy atom. The van der Waals surface area contributed by atoms with Crippen LogP contribution in [0, 0.1) is 6.92 Å². The monoisotopic (exact) mass is 477 g/mol. The summed E-state index contributed by atoms with van der Waals surface area (Å²) >= 11 is 0. The molecular weight excluding hydrogens is 450 g/mol. The second-order valence-corrected chi connectivity index (χ2v) is 10.5. The first-order valence-corrected chi connectivity index (χ1v) is 12.8. The molecule has 0 aliphatic heterocycles. The average molecular weight is 478 g/mol. The largest absolute Gasteiger partial charge is 0.326 e. The van der Waals surface area contributed by atoms with Gasteiger partial charge in [-0.1, -0.05) is 30.3 Å². The summed E-state index contributed by atoms with van der Waals surface area (Å²) in [4.78, 5) is 25.0. The van der Waals surface area contributed by atoms with Gasteiger partial charge >= 0.3 is 6.03 Å². The zero-order valence-electron chi connectivity index (χ0n) is 18.9. The molecule has 34 heavy (non-hydrogen) atoms. The van der Waals surface area contributed by atoms with E-state index in [1.165, 1.54) is 5.56 Å². The van der Waals surface area contributed by atoms with Crippen molar-refractivity contribution >= 4 is 38.8 Å². The first-order valence-electron chi connectivity index (χ1n) is 11.2. The molecule has 0 bridgehead atoms. The minimum atomic E-state index is -3.56. The highest BCUT2D eigenvalue weighted by Crippen LogP contribution is 2.26. The summed E-state index contributed by atoms with van der Waals surface area (Å²) in [5.74, 6) is -0.674. The topological polar surface area (TPSA) is 104 Å². The lowest BCUT2D eigenvalue weighted by molar-refractivity contribution is -0.115. The van der Waals surface area contributed by atoms with Crippen LogP contribution < -0.4 is 16.0 Å². The smallest absolute Gasteiger partial charge is 0.323 e. The summed E-state index contributed by atoms with van der Waals surface area (Å²) in [5.41, 5.74) is 4.76. The van der Waals surface area contributed by atoms with Gasteiger partial charge in [0.15, 0.2) is 9.84 Å². The maximum Gasteiger partial charge on any atom is 0.323 e. The third kappa shape index (κ3) is 5.82. The van der Waals surface area contributed by atoms with Crippen LogP contribution in [0.4, 0.5) is 21.9 Å². The number of urea groups is 1. The van der Waals surface area contributed by atoms with Crippen molar-refractivity contribution in [1.82, 2.24) is 0 Å². The SMILES string of the molecule is Cc1ccc(NC(=O)Nc2ccccc2)cc1NC(=O)CCS(=O)(=O)c1ccc2c(c1)CCC2. The Hall–Kier alpha value is -3.65. The molecule has 0 unspecified atom stereocenters. The third-order valence-corrected chi connectivity index (χ3v) is 7.54. The number of nitrogens with one attached hydrogen (secondary N) is 3. The van der Waals surface area contributed by atoms with Gasteiger partial charge in [-0.25, -0.2) is 13.2 Å². The number of fused-ring (bicyclic) bond motifs is 1. The van der Waals surface area contributed by atoms with Crippen molar-refractivity contribution in [2.75, 3.05) is 21.7 Å². The quantitative estimate of drug-likeness (QED) is 0.449. The van der Waals surface area contributed by atoms with Crippen LogP contribution in [0.5, 0.6) is 0 Å². The van der Waals surface area contributed by atoms with Crippen molar-refractivity contribution in [1.29, 1.82) is 0 Å². The Bertz CT molecular complexity index is 1320. The molecule has 8 heteroatoms. The van der Waals surface area contributed by atoms with Gasteiger partial charge in [-0.15, -0.1) is 0 Å². The Kier molecular flexibility index (Phi) is 6.98. The molecule has 7 nitrogen and oxygen atoms in total. The van der Waals surface area contributed by atoms with Crippen LogP contribution in [0.25, 0.3) is 0 Å². The van der Waals surface area contributed by atoms with E-state index in [0.29, 0.717) is 17.1 Å². The van der Waals surface area contributed by atoms with Crippen LogP contribution in [0.1, 0.15) is 29.5 Å². The molecule has 0 atom stereocenters. The van der Waals surface area contributed by atoms with Crippen molar-refractivity contribution in [3.05, 3.63) is 83.4 Å². The third-order valence-electron chi connectivity index (χ3n) is 5.83. The van der Waals surface area contributed by atoms with Crippen LogP contribution >= 0.6 is 0 Å². The van der Waals surface area contributed by atoms with Gasteiger partial charge in [-0.2, -0.15) is 0 Å². The summed E-state index contributed by atoms with van der Waals surface area (Å²) in [6, 6.07) is 19.0. The number of amides is 3. The summed E-state index contributed by atoms with van der Waals surface area (Å²) in [6.45, 7) is 1.82. The Morgan fingerprint density at radius 2 is 1.56 bits per heavy atom. The second kappa shape index (κ2) is 10.1. The fourth-order valence-corrected chi connectivity index (χ4v) is 5.24. The van der Waals surface area contributed by atoms with Crippen molar-refractivity contribution in [3.8, 4) is 0 Å². The van der Waals surface area contributed by atoms with Gasteiger partial charge < -0.3 is 16.0 Å². The number of hydrogen-bond donors (Lipinski definition) is 3. The van der Waals surface area contributed by atoms with Crippen LogP contribution in [0.3, 0.4) is 0 Å². The van der Waals surface area contributed by atoms with Gasteiger partial charge in [0.2, 0.25) is 5.91 Å². The van der Waals surface area contributed by atoms with E-state index in [2.05, 4.69) is 16.0 Å². The number of anilines is 3. The minimum absolute atomic E-state index is 0.162. The van der Waals surface area contributed by atoms with Gasteiger partial charge in [0, 0.05) is 23.5 Å². The molecule has 176 valence electrons. The number of rotatable bonds is 7. The second-order valence-electron chi connectivity index (χ2n) is 8.38. The highest BCUT2D eigenvalue weighted by Gasteiger charge is 2.20. The van der Waals surface area contributed by atoms with Crippen LogP contribution in [0.2, 0.25) is 0 Å². The standard InChI is InChI=1S/C26H27N3O4S/c1-18-10-12-22(28-26(31)27-21-8-3-2-4-9-21)17-24(18)29-25(30)14-15-34(32,33)23-13-11-19-6-5-7-20(19)16-23/h2-4,8-13,16-17H,5-7,14-15H2,1H3,(H,29,30)(H2,27,28,31). The molecule has 1 aliphatic rings. The van der Waals surface area contributed by atoms with Crippen molar-refractivity contribution < 1.29 is 18.0 Å². The lowest BCUT2D eigenvalue weighted by atomic mass is 10.1. The molecule has 0 saturated heterocycles. The minimum Gasteiger partial charge on any atom is -0.326 e. The van der Waals surface area contributed by atoms with Crippen LogP contribution in [0.15, 0.2) is 71.6 Å². The fraction of sp³-hybridized carbons (Fsp3) is 0.231. The van der Waals surface area contributed by atoms with E-state index in [1.54, 1.807) is 42.5 Å². The highest BCUT2D eigenvalue weighted by atomic mass is 32.2. The predicted molar refractivity (Wildman–Crippen MR) is 134 cm³/mol. The molecule has 0 saturated carbocycles. The van der Waals surface area contributed by atoms with E-state index < -0.39 is 21.8 Å². The van der Waals surface area contributed by atoms with Crippen molar-refractivity contribution in [2.24, 2.45) is 0 Å². The van der Waals surface area contributed by atoms with Gasteiger partial charge in [0.1, 0.15) is 0 Å². The molecule has 0 fully saturated rings. The van der Waals surface area contributed by atoms with E-state index >= 15 is 0 Å². The number of para-hydroxylation sites is 1. The first kappa shape index (κ1) is 23.5. The van der Waals surface area contributed by atoms with Gasteiger partial charge in [-0.3, -0.25) is 4.79 Å². The van der Waals surface area contributed by atoms with Gasteiger partial charge in [-0.05, 0) is 79.3 Å². The molecule has 3 N–H and O–H groups in total. The summed E-state index contributed by atoms with van der Waals surface area (Å²) in [5, 5.41) is 8.23.